The van der Waals surface area contributed by atoms with Crippen LogP contribution in [0.25, 0.3) is 17.0 Å². The lowest BCUT2D eigenvalue weighted by atomic mass is 10.1. The third kappa shape index (κ3) is 4.65. The summed E-state index contributed by atoms with van der Waals surface area (Å²) >= 11 is 0. The van der Waals surface area contributed by atoms with Gasteiger partial charge in [-0.2, -0.15) is 13.2 Å². The van der Waals surface area contributed by atoms with Gasteiger partial charge in [0.2, 0.25) is 5.95 Å². The Morgan fingerprint density at radius 1 is 1.24 bits per heavy atom. The molecule has 0 bridgehead atoms. The number of fused-ring (bicyclic) bond motifs is 1. The number of rotatable bonds is 4. The fourth-order valence-corrected chi connectivity index (χ4v) is 3.07. The molecule has 1 aliphatic rings. The topological polar surface area (TPSA) is 87.4 Å². The quantitative estimate of drug-likeness (QED) is 0.615. The van der Waals surface area contributed by atoms with E-state index >= 15 is 0 Å². The maximum Gasteiger partial charge on any atom is 0.418 e. The first kappa shape index (κ1) is 21.0. The molecule has 4 heterocycles. The normalized spacial score (nSPS) is 17.7. The minimum Gasteiger partial charge on any atom is -0.379 e. The molecular weight excluding hydrogens is 385 g/mol. The van der Waals surface area contributed by atoms with E-state index in [1.54, 1.807) is 12.3 Å². The second-order valence-corrected chi connectivity index (χ2v) is 6.38. The van der Waals surface area contributed by atoms with Gasteiger partial charge in [-0.1, -0.05) is 19.9 Å². The van der Waals surface area contributed by atoms with Gasteiger partial charge in [0.25, 0.3) is 0 Å². The van der Waals surface area contributed by atoms with Crippen molar-refractivity contribution in [2.75, 3.05) is 18.4 Å². The fourth-order valence-electron chi connectivity index (χ4n) is 3.07. The van der Waals surface area contributed by atoms with Crippen LogP contribution in [0.1, 0.15) is 31.9 Å². The van der Waals surface area contributed by atoms with Crippen LogP contribution in [0.15, 0.2) is 36.8 Å². The van der Waals surface area contributed by atoms with Gasteiger partial charge in [-0.25, -0.2) is 15.0 Å². The molecule has 3 aromatic heterocycles. The van der Waals surface area contributed by atoms with Gasteiger partial charge in [0, 0.05) is 30.5 Å². The van der Waals surface area contributed by atoms with Crippen LogP contribution in [0, 0.1) is 0 Å². The number of hydrogen-bond acceptors (Lipinski definition) is 6. The van der Waals surface area contributed by atoms with Crippen LogP contribution >= 0.6 is 0 Å². The highest BCUT2D eigenvalue weighted by atomic mass is 19.4. The molecule has 4 rings (SSSR count). The summed E-state index contributed by atoms with van der Waals surface area (Å²) < 4.78 is 39.9. The van der Waals surface area contributed by atoms with Crippen molar-refractivity contribution in [2.24, 2.45) is 0 Å². The van der Waals surface area contributed by atoms with Crippen molar-refractivity contribution in [3.05, 3.63) is 42.4 Å². The lowest BCUT2D eigenvalue weighted by Crippen LogP contribution is -2.23. The Labute approximate surface area is 166 Å². The first-order valence-corrected chi connectivity index (χ1v) is 9.44. The second kappa shape index (κ2) is 8.75. The lowest BCUT2D eigenvalue weighted by Gasteiger charge is -2.15. The van der Waals surface area contributed by atoms with Crippen LogP contribution in [0.2, 0.25) is 0 Å². The molecule has 156 valence electrons. The van der Waals surface area contributed by atoms with Crippen molar-refractivity contribution in [3.8, 4) is 11.4 Å². The number of nitrogens with zero attached hydrogens (tertiary/aromatic N) is 4. The number of nitrogens with one attached hydrogen (secondary N) is 2. The van der Waals surface area contributed by atoms with E-state index in [9.17, 15) is 18.3 Å². The standard InChI is InChI=1S/C17H17F3N6O.C2H6/c18-17(19,20)15(27)10-1-2-14-23-8-13(26(14)9-10)12-4-6-22-16(25-12)24-11-3-5-21-7-11;1-2/h1-2,4,6,8-9,11,15,21,27H,3,5,7H2,(H,22,24,25);1-2H3. The zero-order valence-corrected chi connectivity index (χ0v) is 16.1. The van der Waals surface area contributed by atoms with E-state index in [0.29, 0.717) is 23.0 Å². The Morgan fingerprint density at radius 2 is 2.03 bits per heavy atom. The molecule has 0 aromatic carbocycles. The summed E-state index contributed by atoms with van der Waals surface area (Å²) in [4.78, 5) is 12.9. The Bertz CT molecular complexity index is 953. The monoisotopic (exact) mass is 408 g/mol. The van der Waals surface area contributed by atoms with E-state index < -0.39 is 12.3 Å². The number of pyridine rings is 1. The van der Waals surface area contributed by atoms with E-state index in [2.05, 4.69) is 25.6 Å². The van der Waals surface area contributed by atoms with Crippen LogP contribution in [0.5, 0.6) is 0 Å². The second-order valence-electron chi connectivity index (χ2n) is 6.38. The predicted octanol–water partition coefficient (Wildman–Crippen LogP) is 3.19. The van der Waals surface area contributed by atoms with Crippen molar-refractivity contribution < 1.29 is 18.3 Å². The zero-order chi connectivity index (χ0) is 21.0. The number of halogens is 3. The number of hydrogen-bond donors (Lipinski definition) is 3. The molecule has 0 radical (unpaired) electrons. The smallest absolute Gasteiger partial charge is 0.379 e. The molecule has 7 nitrogen and oxygen atoms in total. The van der Waals surface area contributed by atoms with Crippen molar-refractivity contribution >= 4 is 11.6 Å². The van der Waals surface area contributed by atoms with E-state index in [0.717, 1.165) is 19.5 Å². The molecule has 0 amide bonds. The highest BCUT2D eigenvalue weighted by molar-refractivity contribution is 5.61. The highest BCUT2D eigenvalue weighted by Crippen LogP contribution is 2.33. The van der Waals surface area contributed by atoms with Gasteiger partial charge in [0.05, 0.1) is 17.6 Å². The predicted molar refractivity (Wildman–Crippen MR) is 103 cm³/mol. The van der Waals surface area contributed by atoms with Gasteiger partial charge in [-0.05, 0) is 25.1 Å². The molecule has 0 saturated carbocycles. The van der Waals surface area contributed by atoms with Gasteiger partial charge >= 0.3 is 6.18 Å². The molecule has 0 aliphatic carbocycles. The number of alkyl halides is 3. The summed E-state index contributed by atoms with van der Waals surface area (Å²) in [5.74, 6) is 0.447. The molecule has 10 heteroatoms. The average molecular weight is 408 g/mol. The number of aliphatic hydroxyl groups excluding tert-OH is 1. The minimum atomic E-state index is -4.74. The number of imidazole rings is 1. The summed E-state index contributed by atoms with van der Waals surface area (Å²) in [6.07, 6.45) is -2.00. The third-order valence-corrected chi connectivity index (χ3v) is 4.47. The Kier molecular flexibility index (Phi) is 6.33. The number of anilines is 1. The van der Waals surface area contributed by atoms with Crippen LogP contribution in [0.4, 0.5) is 19.1 Å². The van der Waals surface area contributed by atoms with E-state index in [1.807, 2.05) is 13.8 Å². The zero-order valence-electron chi connectivity index (χ0n) is 16.1. The molecular formula is C19H23F3N6O. The minimum absolute atomic E-state index is 0.232. The van der Waals surface area contributed by atoms with Gasteiger partial charge in [-0.3, -0.25) is 4.40 Å². The Hall–Kier alpha value is -2.72. The molecule has 0 spiro atoms. The summed E-state index contributed by atoms with van der Waals surface area (Å²) in [5, 5.41) is 16.0. The summed E-state index contributed by atoms with van der Waals surface area (Å²) in [7, 11) is 0. The van der Waals surface area contributed by atoms with E-state index in [4.69, 9.17) is 0 Å². The van der Waals surface area contributed by atoms with E-state index in [-0.39, 0.29) is 11.6 Å². The first-order chi connectivity index (χ1) is 13.9. The maximum absolute atomic E-state index is 12.8. The highest BCUT2D eigenvalue weighted by Gasteiger charge is 2.39. The van der Waals surface area contributed by atoms with Gasteiger partial charge in [-0.15, -0.1) is 0 Å². The lowest BCUT2D eigenvalue weighted by molar-refractivity contribution is -0.206. The molecule has 1 aliphatic heterocycles. The molecule has 1 saturated heterocycles. The number of aromatic nitrogens is 4. The van der Waals surface area contributed by atoms with E-state index in [1.165, 1.54) is 28.9 Å². The van der Waals surface area contributed by atoms with Gasteiger partial charge < -0.3 is 15.7 Å². The third-order valence-electron chi connectivity index (χ3n) is 4.47. The molecule has 2 unspecified atom stereocenters. The largest absolute Gasteiger partial charge is 0.418 e. The Morgan fingerprint density at radius 3 is 2.72 bits per heavy atom. The maximum atomic E-state index is 12.8. The molecule has 2 atom stereocenters. The average Bonchev–Trinajstić information content (AvgIpc) is 3.37. The first-order valence-electron chi connectivity index (χ1n) is 9.44. The van der Waals surface area contributed by atoms with Gasteiger partial charge in [0.15, 0.2) is 6.10 Å². The molecule has 29 heavy (non-hydrogen) atoms. The van der Waals surface area contributed by atoms with Crippen LogP contribution in [0.3, 0.4) is 0 Å². The van der Waals surface area contributed by atoms with Crippen LogP contribution in [-0.2, 0) is 0 Å². The fraction of sp³-hybridized carbons (Fsp3) is 0.421. The molecule has 1 fully saturated rings. The molecule has 3 N–H and O–H groups in total. The van der Waals surface area contributed by atoms with Gasteiger partial charge in [0.1, 0.15) is 5.65 Å². The van der Waals surface area contributed by atoms with Crippen molar-refractivity contribution in [1.82, 2.24) is 24.7 Å². The number of aliphatic hydroxyl groups is 1. The Balaban J connectivity index is 0.00000117. The van der Waals surface area contributed by atoms with Crippen LogP contribution < -0.4 is 10.6 Å². The van der Waals surface area contributed by atoms with Crippen molar-refractivity contribution in [2.45, 2.75) is 38.6 Å². The van der Waals surface area contributed by atoms with Crippen molar-refractivity contribution in [1.29, 1.82) is 0 Å². The summed E-state index contributed by atoms with van der Waals surface area (Å²) in [5.41, 5.74) is 1.22. The van der Waals surface area contributed by atoms with Crippen LogP contribution in [-0.4, -0.2) is 49.8 Å². The molecule has 3 aromatic rings. The SMILES string of the molecule is CC.OC(c1ccc2ncc(-c3ccnc(NC4CCNC4)n3)n2c1)C(F)(F)F. The van der Waals surface area contributed by atoms with Crippen molar-refractivity contribution in [3.63, 3.8) is 0 Å². The summed E-state index contributed by atoms with van der Waals surface area (Å²) in [6.45, 7) is 5.75. The summed E-state index contributed by atoms with van der Waals surface area (Å²) in [6, 6.07) is 4.54.